The number of benzene rings is 1. The van der Waals surface area contributed by atoms with Gasteiger partial charge >= 0.3 is 0 Å². The van der Waals surface area contributed by atoms with Crippen LogP contribution in [-0.4, -0.2) is 60.2 Å². The van der Waals surface area contributed by atoms with E-state index < -0.39 is 6.10 Å². The molecular formula is C25H34ClN5O3. The Morgan fingerprint density at radius 1 is 1.29 bits per heavy atom. The van der Waals surface area contributed by atoms with Crippen LogP contribution in [0.3, 0.4) is 0 Å². The molecule has 1 aromatic heterocycles. The van der Waals surface area contributed by atoms with Crippen molar-refractivity contribution in [2.24, 2.45) is 0 Å². The summed E-state index contributed by atoms with van der Waals surface area (Å²) in [6.45, 7) is 4.95. The van der Waals surface area contributed by atoms with Crippen molar-refractivity contribution in [3.63, 3.8) is 0 Å². The van der Waals surface area contributed by atoms with E-state index in [0.29, 0.717) is 23.8 Å². The van der Waals surface area contributed by atoms with Crippen LogP contribution in [0.4, 0.5) is 0 Å². The van der Waals surface area contributed by atoms with E-state index in [0.717, 1.165) is 35.4 Å². The molecule has 184 valence electrons. The number of amides is 1. The monoisotopic (exact) mass is 487 g/mol. The number of aliphatic hydroxyl groups is 1. The van der Waals surface area contributed by atoms with Crippen LogP contribution in [0.1, 0.15) is 47.9 Å². The SMILES string of the molecule is CC[C@@H](Cc1ccc(C(=O)N(C)CC2NNC(C)=C2OC)cc1)NC[C@H](O)c1ccc(Cl)nc1. The van der Waals surface area contributed by atoms with Crippen molar-refractivity contribution in [3.05, 3.63) is 75.9 Å². The number of carbonyl (C=O) groups excluding carboxylic acids is 1. The maximum absolute atomic E-state index is 12.9. The number of methoxy groups -OCH3 is 1. The summed E-state index contributed by atoms with van der Waals surface area (Å²) in [5.74, 6) is 0.767. The highest BCUT2D eigenvalue weighted by molar-refractivity contribution is 6.29. The van der Waals surface area contributed by atoms with Crippen molar-refractivity contribution < 1.29 is 14.6 Å². The van der Waals surface area contributed by atoms with Crippen LogP contribution < -0.4 is 16.2 Å². The molecule has 4 N–H and O–H groups in total. The summed E-state index contributed by atoms with van der Waals surface area (Å²) in [6.07, 6.45) is 2.64. The van der Waals surface area contributed by atoms with Gasteiger partial charge in [-0.3, -0.25) is 4.79 Å². The Hall–Kier alpha value is -2.65. The molecule has 8 nitrogen and oxygen atoms in total. The lowest BCUT2D eigenvalue weighted by atomic mass is 10.0. The number of allylic oxidation sites excluding steroid dienone is 1. The quantitative estimate of drug-likeness (QED) is 0.362. The highest BCUT2D eigenvalue weighted by Crippen LogP contribution is 2.17. The van der Waals surface area contributed by atoms with Gasteiger partial charge in [0.15, 0.2) is 0 Å². The molecule has 2 aromatic rings. The summed E-state index contributed by atoms with van der Waals surface area (Å²) < 4.78 is 5.44. The Morgan fingerprint density at radius 3 is 2.65 bits per heavy atom. The summed E-state index contributed by atoms with van der Waals surface area (Å²) in [6, 6.07) is 11.3. The lowest BCUT2D eigenvalue weighted by Crippen LogP contribution is -2.43. The van der Waals surface area contributed by atoms with Crippen LogP contribution in [0.2, 0.25) is 5.15 Å². The molecule has 9 heteroatoms. The smallest absolute Gasteiger partial charge is 0.253 e. The zero-order chi connectivity index (χ0) is 24.7. The van der Waals surface area contributed by atoms with E-state index in [1.54, 1.807) is 37.4 Å². The lowest BCUT2D eigenvalue weighted by molar-refractivity contribution is 0.0778. The van der Waals surface area contributed by atoms with Gasteiger partial charge in [-0.05, 0) is 43.5 Å². The van der Waals surface area contributed by atoms with E-state index in [4.69, 9.17) is 16.3 Å². The molecule has 0 bridgehead atoms. The Bertz CT molecular complexity index is 981. The Kier molecular flexibility index (Phi) is 9.29. The van der Waals surface area contributed by atoms with Crippen LogP contribution in [0.15, 0.2) is 54.1 Å². The number of aliphatic hydroxyl groups excluding tert-OH is 1. The van der Waals surface area contributed by atoms with E-state index in [-0.39, 0.29) is 18.0 Å². The number of halogens is 1. The molecule has 0 fully saturated rings. The molecule has 1 aromatic carbocycles. The first-order chi connectivity index (χ1) is 16.3. The second-order valence-electron chi connectivity index (χ2n) is 8.55. The van der Waals surface area contributed by atoms with Crippen molar-refractivity contribution >= 4 is 17.5 Å². The lowest BCUT2D eigenvalue weighted by Gasteiger charge is -2.23. The molecule has 1 amide bonds. The normalized spacial score (nSPS) is 17.3. The molecule has 3 atom stereocenters. The topological polar surface area (TPSA) is 98.8 Å². The molecule has 0 saturated heterocycles. The van der Waals surface area contributed by atoms with E-state index in [9.17, 15) is 9.90 Å². The molecule has 3 rings (SSSR count). The minimum absolute atomic E-state index is 0.0433. The highest BCUT2D eigenvalue weighted by Gasteiger charge is 2.26. The van der Waals surface area contributed by atoms with Crippen molar-refractivity contribution in [1.29, 1.82) is 0 Å². The number of nitrogens with one attached hydrogen (secondary N) is 3. The third kappa shape index (κ3) is 6.70. The van der Waals surface area contributed by atoms with E-state index in [2.05, 4.69) is 28.1 Å². The molecule has 34 heavy (non-hydrogen) atoms. The first kappa shape index (κ1) is 26.0. The number of hydrogen-bond donors (Lipinski definition) is 4. The molecule has 1 aliphatic rings. The van der Waals surface area contributed by atoms with Gasteiger partial charge in [0.25, 0.3) is 5.91 Å². The predicted octanol–water partition coefficient (Wildman–Crippen LogP) is 2.81. The zero-order valence-corrected chi connectivity index (χ0v) is 20.9. The van der Waals surface area contributed by atoms with E-state index in [1.807, 2.05) is 31.2 Å². The zero-order valence-electron chi connectivity index (χ0n) is 20.1. The van der Waals surface area contributed by atoms with E-state index >= 15 is 0 Å². The number of aromatic nitrogens is 1. The third-order valence-corrected chi connectivity index (χ3v) is 6.28. The van der Waals surface area contributed by atoms with Gasteiger partial charge in [-0.1, -0.05) is 36.7 Å². The molecular weight excluding hydrogens is 454 g/mol. The first-order valence-corrected chi connectivity index (χ1v) is 11.8. The van der Waals surface area contributed by atoms with Crippen LogP contribution in [0, 0.1) is 0 Å². The molecule has 0 aliphatic carbocycles. The number of pyridine rings is 1. The predicted molar refractivity (Wildman–Crippen MR) is 133 cm³/mol. The van der Waals surface area contributed by atoms with Crippen LogP contribution in [0.5, 0.6) is 0 Å². The number of nitrogens with zero attached hydrogens (tertiary/aromatic N) is 2. The first-order valence-electron chi connectivity index (χ1n) is 11.5. The van der Waals surface area contributed by atoms with Crippen molar-refractivity contribution in [2.75, 3.05) is 27.2 Å². The number of rotatable bonds is 11. The number of hydrazine groups is 1. The van der Waals surface area contributed by atoms with Gasteiger partial charge in [0, 0.05) is 43.5 Å². The molecule has 0 saturated carbocycles. The fraction of sp³-hybridized carbons (Fsp3) is 0.440. The molecule has 2 heterocycles. The molecule has 0 radical (unpaired) electrons. The summed E-state index contributed by atoms with van der Waals surface area (Å²) in [5.41, 5.74) is 9.61. The maximum Gasteiger partial charge on any atom is 0.253 e. The van der Waals surface area contributed by atoms with Gasteiger partial charge in [-0.2, -0.15) is 0 Å². The number of carbonyl (C=O) groups is 1. The fourth-order valence-corrected chi connectivity index (χ4v) is 4.11. The number of likely N-dealkylation sites (N-methyl/N-ethyl adjacent to an activating group) is 1. The Balaban J connectivity index is 1.52. The minimum atomic E-state index is -0.656. The summed E-state index contributed by atoms with van der Waals surface area (Å²) in [5, 5.41) is 14.2. The number of ether oxygens (including phenoxy) is 1. The summed E-state index contributed by atoms with van der Waals surface area (Å²) in [4.78, 5) is 18.6. The van der Waals surface area contributed by atoms with Gasteiger partial charge in [0.1, 0.15) is 17.0 Å². The Morgan fingerprint density at radius 2 is 2.03 bits per heavy atom. The number of hydrogen-bond acceptors (Lipinski definition) is 7. The van der Waals surface area contributed by atoms with Crippen LogP contribution >= 0.6 is 11.6 Å². The molecule has 0 spiro atoms. The maximum atomic E-state index is 12.9. The third-order valence-electron chi connectivity index (χ3n) is 6.05. The minimum Gasteiger partial charge on any atom is -0.497 e. The van der Waals surface area contributed by atoms with Gasteiger partial charge in [-0.15, -0.1) is 0 Å². The second-order valence-corrected chi connectivity index (χ2v) is 8.93. The molecule has 1 aliphatic heterocycles. The van der Waals surface area contributed by atoms with Crippen molar-refractivity contribution in [2.45, 2.75) is 44.9 Å². The van der Waals surface area contributed by atoms with Gasteiger partial charge < -0.3 is 25.5 Å². The van der Waals surface area contributed by atoms with Crippen LogP contribution in [0.25, 0.3) is 0 Å². The fourth-order valence-electron chi connectivity index (χ4n) is 3.99. The Labute approximate surface area is 206 Å². The summed E-state index contributed by atoms with van der Waals surface area (Å²) in [7, 11) is 3.42. The van der Waals surface area contributed by atoms with Gasteiger partial charge in [0.2, 0.25) is 0 Å². The highest BCUT2D eigenvalue weighted by atomic mass is 35.5. The van der Waals surface area contributed by atoms with E-state index in [1.165, 1.54) is 0 Å². The molecule has 1 unspecified atom stereocenters. The van der Waals surface area contributed by atoms with Gasteiger partial charge in [-0.25, -0.2) is 10.4 Å². The van der Waals surface area contributed by atoms with Gasteiger partial charge in [0.05, 0.1) is 18.9 Å². The largest absolute Gasteiger partial charge is 0.497 e. The van der Waals surface area contributed by atoms with Crippen molar-refractivity contribution in [3.8, 4) is 0 Å². The summed E-state index contributed by atoms with van der Waals surface area (Å²) >= 11 is 5.82. The van der Waals surface area contributed by atoms with Crippen molar-refractivity contribution in [1.82, 2.24) is 26.1 Å². The van der Waals surface area contributed by atoms with Crippen LogP contribution in [-0.2, 0) is 11.2 Å². The average Bonchev–Trinajstić information content (AvgIpc) is 3.20. The standard InChI is InChI=1S/C25H34ClN5O3/c1-5-20(27-14-22(32)19-10-11-23(26)28-13-19)12-17-6-8-18(9-7-17)25(33)31(3)15-21-24(34-4)16(2)29-30-21/h6-11,13,20-22,27,29-30,32H,5,12,14-15H2,1-4H3/t20-,21?,22-/m0/s1. The second kappa shape index (κ2) is 12.2. The average molecular weight is 488 g/mol.